The van der Waals surface area contributed by atoms with Gasteiger partial charge < -0.3 is 0 Å². The number of halogens is 1. The van der Waals surface area contributed by atoms with E-state index in [-0.39, 0.29) is 12.4 Å². The van der Waals surface area contributed by atoms with Gasteiger partial charge in [0, 0.05) is 0 Å². The lowest BCUT2D eigenvalue weighted by molar-refractivity contribution is 1.77. The van der Waals surface area contributed by atoms with E-state index in [9.17, 15) is 0 Å². The monoisotopic (exact) mass is 156 g/mol. The number of hydrogen-bond acceptors (Lipinski definition) is 0. The maximum Gasteiger partial charge on any atom is 0.0773 e. The average molecular weight is 157 g/mol. The molecular formula is C7H9ClSi. The smallest absolute Gasteiger partial charge is 0.0773 e. The van der Waals surface area contributed by atoms with Crippen molar-refractivity contribution in [2.75, 3.05) is 0 Å². The maximum absolute atomic E-state index is 2.19. The number of benzene rings is 1. The summed E-state index contributed by atoms with van der Waals surface area (Å²) >= 11 is 0. The van der Waals surface area contributed by atoms with Gasteiger partial charge in [0.1, 0.15) is 0 Å². The van der Waals surface area contributed by atoms with Crippen LogP contribution in [0, 0.1) is 0 Å². The first kappa shape index (κ1) is 8.73. The molecular weight excluding hydrogens is 148 g/mol. The molecule has 48 valence electrons. The molecule has 0 amide bonds. The van der Waals surface area contributed by atoms with Crippen molar-refractivity contribution in [2.45, 2.75) is 6.55 Å². The standard InChI is InChI=1S/C7H8Si.ClH/c1-8-7-5-3-2-4-6-7;/h2-6H,1H3;1H. The summed E-state index contributed by atoms with van der Waals surface area (Å²) in [5.74, 6) is 0. The molecule has 1 rings (SSSR count). The highest BCUT2D eigenvalue weighted by Crippen LogP contribution is 1.79. The van der Waals surface area contributed by atoms with Gasteiger partial charge in [-0.15, -0.1) is 12.4 Å². The Morgan fingerprint density at radius 1 is 1.11 bits per heavy atom. The van der Waals surface area contributed by atoms with E-state index in [1.54, 1.807) is 0 Å². The molecule has 0 fully saturated rings. The SMILES string of the molecule is C[Si]c1ccccc1.Cl. The lowest BCUT2D eigenvalue weighted by Gasteiger charge is -1.88. The normalized spacial score (nSPS) is 8.11. The van der Waals surface area contributed by atoms with Gasteiger partial charge in [0.15, 0.2) is 0 Å². The lowest BCUT2D eigenvalue weighted by Crippen LogP contribution is -2.07. The van der Waals surface area contributed by atoms with Crippen LogP contribution in [0.15, 0.2) is 30.3 Å². The van der Waals surface area contributed by atoms with E-state index in [0.717, 1.165) is 9.52 Å². The van der Waals surface area contributed by atoms with Crippen LogP contribution < -0.4 is 5.19 Å². The van der Waals surface area contributed by atoms with Crippen molar-refractivity contribution in [2.24, 2.45) is 0 Å². The molecule has 0 nitrogen and oxygen atoms in total. The topological polar surface area (TPSA) is 0 Å². The third kappa shape index (κ3) is 2.68. The fourth-order valence-electron chi connectivity index (χ4n) is 0.605. The van der Waals surface area contributed by atoms with Crippen molar-refractivity contribution in [1.82, 2.24) is 0 Å². The van der Waals surface area contributed by atoms with Gasteiger partial charge in [0.05, 0.1) is 9.52 Å². The van der Waals surface area contributed by atoms with Crippen LogP contribution in [0.2, 0.25) is 6.55 Å². The van der Waals surface area contributed by atoms with Crippen LogP contribution in [0.3, 0.4) is 0 Å². The second-order valence-electron chi connectivity index (χ2n) is 1.62. The van der Waals surface area contributed by atoms with Crippen LogP contribution in [0.5, 0.6) is 0 Å². The highest BCUT2D eigenvalue weighted by atomic mass is 35.5. The minimum atomic E-state index is 0. The van der Waals surface area contributed by atoms with E-state index in [1.165, 1.54) is 5.19 Å². The quantitative estimate of drug-likeness (QED) is 0.541. The Kier molecular flexibility index (Phi) is 4.45. The molecule has 0 atom stereocenters. The Hall–Kier alpha value is -0.273. The first-order valence-electron chi connectivity index (χ1n) is 2.66. The Bertz CT molecular complexity index is 150. The van der Waals surface area contributed by atoms with Gasteiger partial charge in [0.2, 0.25) is 0 Å². The zero-order valence-corrected chi connectivity index (χ0v) is 7.11. The van der Waals surface area contributed by atoms with E-state index in [0.29, 0.717) is 0 Å². The van der Waals surface area contributed by atoms with E-state index < -0.39 is 0 Å². The molecule has 2 radical (unpaired) electrons. The van der Waals surface area contributed by atoms with Gasteiger partial charge in [-0.3, -0.25) is 0 Å². The van der Waals surface area contributed by atoms with Crippen LogP contribution in [-0.4, -0.2) is 9.52 Å². The third-order valence-corrected chi connectivity index (χ3v) is 1.97. The van der Waals surface area contributed by atoms with Gasteiger partial charge >= 0.3 is 0 Å². The molecule has 0 aliphatic heterocycles. The predicted molar refractivity (Wildman–Crippen MR) is 44.9 cm³/mol. The first-order valence-corrected chi connectivity index (χ1v) is 4.16. The van der Waals surface area contributed by atoms with E-state index in [2.05, 4.69) is 30.8 Å². The second-order valence-corrected chi connectivity index (χ2v) is 2.69. The van der Waals surface area contributed by atoms with Gasteiger partial charge in [0.25, 0.3) is 0 Å². The summed E-state index contributed by atoms with van der Waals surface area (Å²) in [6, 6.07) is 10.5. The molecule has 0 N–H and O–H groups in total. The number of hydrogen-bond donors (Lipinski definition) is 0. The summed E-state index contributed by atoms with van der Waals surface area (Å²) in [6.45, 7) is 2.19. The van der Waals surface area contributed by atoms with Crippen LogP contribution in [0.25, 0.3) is 0 Å². The Balaban J connectivity index is 0.000000640. The molecule has 2 heteroatoms. The largest absolute Gasteiger partial charge is 0.147 e. The molecule has 0 aliphatic rings. The zero-order chi connectivity index (χ0) is 5.82. The molecule has 0 bridgehead atoms. The molecule has 0 unspecified atom stereocenters. The fourth-order valence-corrected chi connectivity index (χ4v) is 1.13. The Labute approximate surface area is 64.5 Å². The molecule has 9 heavy (non-hydrogen) atoms. The van der Waals surface area contributed by atoms with Crippen molar-refractivity contribution >= 4 is 27.1 Å². The summed E-state index contributed by atoms with van der Waals surface area (Å²) in [7, 11) is 0.930. The molecule has 1 aromatic carbocycles. The Morgan fingerprint density at radius 2 is 1.67 bits per heavy atom. The third-order valence-electron chi connectivity index (χ3n) is 1.06. The molecule has 0 saturated heterocycles. The lowest BCUT2D eigenvalue weighted by atomic mass is 10.4. The maximum atomic E-state index is 2.19. The first-order chi connectivity index (χ1) is 3.93. The van der Waals surface area contributed by atoms with Gasteiger partial charge in [-0.05, 0) is 0 Å². The summed E-state index contributed by atoms with van der Waals surface area (Å²) in [6.07, 6.45) is 0. The summed E-state index contributed by atoms with van der Waals surface area (Å²) in [5, 5.41) is 1.44. The average Bonchev–Trinajstić information content (AvgIpc) is 1.90. The molecule has 0 aliphatic carbocycles. The van der Waals surface area contributed by atoms with Crippen LogP contribution in [0.4, 0.5) is 0 Å². The van der Waals surface area contributed by atoms with Gasteiger partial charge in [-0.1, -0.05) is 42.1 Å². The molecule has 1 aromatic rings. The predicted octanol–water partition coefficient (Wildman–Crippen LogP) is 1.49. The van der Waals surface area contributed by atoms with Crippen molar-refractivity contribution in [1.29, 1.82) is 0 Å². The van der Waals surface area contributed by atoms with E-state index >= 15 is 0 Å². The van der Waals surface area contributed by atoms with Crippen LogP contribution in [0.1, 0.15) is 0 Å². The van der Waals surface area contributed by atoms with E-state index in [1.807, 2.05) is 6.07 Å². The Morgan fingerprint density at radius 3 is 2.00 bits per heavy atom. The fraction of sp³-hybridized carbons (Fsp3) is 0.143. The number of rotatable bonds is 1. The summed E-state index contributed by atoms with van der Waals surface area (Å²) in [5.41, 5.74) is 0. The molecule has 0 spiro atoms. The molecule has 0 saturated carbocycles. The molecule has 0 aromatic heterocycles. The van der Waals surface area contributed by atoms with Crippen molar-refractivity contribution in [3.05, 3.63) is 30.3 Å². The van der Waals surface area contributed by atoms with Crippen LogP contribution >= 0.6 is 12.4 Å². The second kappa shape index (κ2) is 4.59. The van der Waals surface area contributed by atoms with Crippen molar-refractivity contribution < 1.29 is 0 Å². The van der Waals surface area contributed by atoms with E-state index in [4.69, 9.17) is 0 Å². The summed E-state index contributed by atoms with van der Waals surface area (Å²) < 4.78 is 0. The zero-order valence-electron chi connectivity index (χ0n) is 5.29. The van der Waals surface area contributed by atoms with Crippen LogP contribution in [-0.2, 0) is 0 Å². The minimum absolute atomic E-state index is 0. The van der Waals surface area contributed by atoms with Crippen molar-refractivity contribution in [3.8, 4) is 0 Å². The minimum Gasteiger partial charge on any atom is -0.147 e. The van der Waals surface area contributed by atoms with Gasteiger partial charge in [-0.2, -0.15) is 0 Å². The summed E-state index contributed by atoms with van der Waals surface area (Å²) in [4.78, 5) is 0. The highest BCUT2D eigenvalue weighted by Gasteiger charge is 1.81. The van der Waals surface area contributed by atoms with Gasteiger partial charge in [-0.25, -0.2) is 0 Å². The molecule has 0 heterocycles. The van der Waals surface area contributed by atoms with Crippen molar-refractivity contribution in [3.63, 3.8) is 0 Å². The highest BCUT2D eigenvalue weighted by molar-refractivity contribution is 6.51.